The summed E-state index contributed by atoms with van der Waals surface area (Å²) in [7, 11) is 0. The number of hydrogen-bond acceptors (Lipinski definition) is 3. The van der Waals surface area contributed by atoms with Crippen LogP contribution < -0.4 is 5.43 Å². The third-order valence-electron chi connectivity index (χ3n) is 4.36. The van der Waals surface area contributed by atoms with E-state index in [1.807, 2.05) is 71.9 Å². The zero-order chi connectivity index (χ0) is 19.8. The number of amides is 2. The molecule has 0 fully saturated rings. The van der Waals surface area contributed by atoms with Gasteiger partial charge in [-0.3, -0.25) is 5.43 Å². The van der Waals surface area contributed by atoms with Gasteiger partial charge in [0.05, 0.1) is 11.1 Å². The molecule has 0 atom stereocenters. The van der Waals surface area contributed by atoms with Crippen molar-refractivity contribution in [1.29, 1.82) is 0 Å². The maximum Gasteiger partial charge on any atom is 0.360 e. The summed E-state index contributed by atoms with van der Waals surface area (Å²) in [6.07, 6.45) is 0. The van der Waals surface area contributed by atoms with E-state index >= 15 is 0 Å². The Hall–Kier alpha value is -2.82. The fourth-order valence-corrected chi connectivity index (χ4v) is 2.88. The lowest BCUT2D eigenvalue weighted by molar-refractivity contribution is 0.0535. The Morgan fingerprint density at radius 1 is 0.741 bits per heavy atom. The number of nitrogens with one attached hydrogen (secondary N) is 1. The molecule has 2 aromatic rings. The van der Waals surface area contributed by atoms with Crippen molar-refractivity contribution in [1.82, 2.24) is 15.4 Å². The molecule has 5 nitrogen and oxygen atoms in total. The minimum Gasteiger partial charge on any atom is -0.275 e. The molecule has 1 N–H and O–H groups in total. The highest BCUT2D eigenvalue weighted by molar-refractivity contribution is 6.02. The number of benzene rings is 2. The summed E-state index contributed by atoms with van der Waals surface area (Å²) in [5.74, 6) is 0.666. The second-order valence-electron chi connectivity index (χ2n) is 8.78. The van der Waals surface area contributed by atoms with Crippen molar-refractivity contribution in [3.05, 3.63) is 60.2 Å². The van der Waals surface area contributed by atoms with Crippen LogP contribution >= 0.6 is 0 Å². The normalized spacial score (nSPS) is 15.5. The van der Waals surface area contributed by atoms with E-state index in [-0.39, 0.29) is 11.6 Å². The fraction of sp³-hybridized carbons (Fsp3) is 0.364. The monoisotopic (exact) mass is 364 g/mol. The Kier molecular flexibility index (Phi) is 4.72. The van der Waals surface area contributed by atoms with Crippen LogP contribution in [0.5, 0.6) is 0 Å². The molecule has 2 aromatic carbocycles. The van der Waals surface area contributed by atoms with Crippen molar-refractivity contribution >= 4 is 11.9 Å². The zero-order valence-corrected chi connectivity index (χ0v) is 16.9. The molecule has 0 saturated heterocycles. The van der Waals surface area contributed by atoms with E-state index in [0.717, 1.165) is 11.1 Å². The minimum atomic E-state index is -0.419. The zero-order valence-electron chi connectivity index (χ0n) is 16.9. The van der Waals surface area contributed by atoms with E-state index in [0.29, 0.717) is 5.84 Å². The first-order valence-corrected chi connectivity index (χ1v) is 9.23. The summed E-state index contributed by atoms with van der Waals surface area (Å²) in [6, 6.07) is 18.3. The predicted octanol–water partition coefficient (Wildman–Crippen LogP) is 4.85. The van der Waals surface area contributed by atoms with Crippen molar-refractivity contribution in [2.45, 2.75) is 52.6 Å². The maximum absolute atomic E-state index is 12.9. The number of carbonyl (C=O) groups is 1. The van der Waals surface area contributed by atoms with Crippen LogP contribution in [0, 0.1) is 0 Å². The Bertz CT molecular complexity index is 843. The molecule has 1 heterocycles. The number of hydrogen-bond donors (Lipinski definition) is 1. The first kappa shape index (κ1) is 19.0. The Morgan fingerprint density at radius 3 is 1.78 bits per heavy atom. The number of rotatable bonds is 2. The molecule has 0 saturated carbocycles. The number of hydrazine groups is 1. The lowest BCUT2D eigenvalue weighted by Crippen LogP contribution is -2.65. The van der Waals surface area contributed by atoms with Crippen LogP contribution in [0.15, 0.2) is 59.7 Å². The Morgan fingerprint density at radius 2 is 1.26 bits per heavy atom. The molecule has 142 valence electrons. The average molecular weight is 364 g/mol. The van der Waals surface area contributed by atoms with Crippen molar-refractivity contribution in [2.24, 2.45) is 5.10 Å². The predicted molar refractivity (Wildman–Crippen MR) is 110 cm³/mol. The smallest absolute Gasteiger partial charge is 0.275 e. The third-order valence-corrected chi connectivity index (χ3v) is 4.36. The average Bonchev–Trinajstić information content (AvgIpc) is 2.61. The van der Waals surface area contributed by atoms with Crippen LogP contribution in [0.4, 0.5) is 4.79 Å². The highest BCUT2D eigenvalue weighted by Gasteiger charge is 2.39. The number of urea groups is 1. The lowest BCUT2D eigenvalue weighted by Gasteiger charge is -2.45. The highest BCUT2D eigenvalue weighted by atomic mass is 16.2. The molecule has 3 rings (SSSR count). The number of nitrogens with zero attached hydrogens (tertiary/aromatic N) is 3. The highest BCUT2D eigenvalue weighted by Crippen LogP contribution is 2.25. The molecule has 1 aliphatic heterocycles. The van der Waals surface area contributed by atoms with Gasteiger partial charge in [-0.25, -0.2) is 14.8 Å². The Balaban J connectivity index is 1.97. The second kappa shape index (κ2) is 6.72. The van der Waals surface area contributed by atoms with Crippen molar-refractivity contribution in [3.8, 4) is 11.1 Å². The van der Waals surface area contributed by atoms with Crippen LogP contribution in [0.2, 0.25) is 0 Å². The van der Waals surface area contributed by atoms with Gasteiger partial charge in [-0.1, -0.05) is 54.6 Å². The van der Waals surface area contributed by atoms with E-state index in [2.05, 4.69) is 34.8 Å². The second-order valence-corrected chi connectivity index (χ2v) is 8.78. The van der Waals surface area contributed by atoms with Crippen LogP contribution in [0.25, 0.3) is 11.1 Å². The summed E-state index contributed by atoms with van der Waals surface area (Å²) >= 11 is 0. The summed E-state index contributed by atoms with van der Waals surface area (Å²) in [4.78, 5) is 12.9. The molecular weight excluding hydrogens is 336 g/mol. The SMILES string of the molecule is CC(C)(C)N1N=C(c2ccc(-c3ccccc3)cc2)NN(C(C)(C)C)C1=O. The van der Waals surface area contributed by atoms with Gasteiger partial charge >= 0.3 is 6.03 Å². The van der Waals surface area contributed by atoms with Gasteiger partial charge < -0.3 is 0 Å². The van der Waals surface area contributed by atoms with E-state index in [9.17, 15) is 4.79 Å². The van der Waals surface area contributed by atoms with Gasteiger partial charge in [0.1, 0.15) is 0 Å². The number of carbonyl (C=O) groups excluding carboxylic acids is 1. The summed E-state index contributed by atoms with van der Waals surface area (Å²) in [6.45, 7) is 11.9. The molecule has 0 bridgehead atoms. The molecule has 0 spiro atoms. The van der Waals surface area contributed by atoms with Gasteiger partial charge in [0.2, 0.25) is 0 Å². The summed E-state index contributed by atoms with van der Waals surface area (Å²) in [5.41, 5.74) is 5.66. The van der Waals surface area contributed by atoms with E-state index in [4.69, 9.17) is 0 Å². The first-order chi connectivity index (χ1) is 12.6. The van der Waals surface area contributed by atoms with Crippen molar-refractivity contribution < 1.29 is 4.79 Å². The quantitative estimate of drug-likeness (QED) is 0.828. The molecule has 0 aliphatic carbocycles. The van der Waals surface area contributed by atoms with Crippen molar-refractivity contribution in [3.63, 3.8) is 0 Å². The first-order valence-electron chi connectivity index (χ1n) is 9.23. The van der Waals surface area contributed by atoms with Gasteiger partial charge in [-0.15, -0.1) is 5.10 Å². The maximum atomic E-state index is 12.9. The third kappa shape index (κ3) is 3.97. The molecular formula is C22H28N4O. The summed E-state index contributed by atoms with van der Waals surface area (Å²) < 4.78 is 0. The molecule has 1 aliphatic rings. The fourth-order valence-electron chi connectivity index (χ4n) is 2.88. The summed E-state index contributed by atoms with van der Waals surface area (Å²) in [5, 5.41) is 7.81. The van der Waals surface area contributed by atoms with Crippen LogP contribution in [0.1, 0.15) is 47.1 Å². The number of hydrazone groups is 1. The van der Waals surface area contributed by atoms with Gasteiger partial charge in [0.25, 0.3) is 0 Å². The topological polar surface area (TPSA) is 47.9 Å². The van der Waals surface area contributed by atoms with Crippen LogP contribution in [-0.2, 0) is 0 Å². The van der Waals surface area contributed by atoms with Gasteiger partial charge in [0, 0.05) is 5.56 Å². The Labute approximate surface area is 161 Å². The molecule has 5 heteroatoms. The largest absolute Gasteiger partial charge is 0.360 e. The van der Waals surface area contributed by atoms with E-state index in [1.54, 1.807) is 10.0 Å². The molecule has 0 radical (unpaired) electrons. The lowest BCUT2D eigenvalue weighted by atomic mass is 10.0. The van der Waals surface area contributed by atoms with Gasteiger partial charge in [0.15, 0.2) is 5.84 Å². The standard InChI is InChI=1S/C22H28N4O/c1-21(2,3)25-20(27)26(22(4,5)6)24-19(23-25)18-14-12-17(13-15-18)16-10-8-7-9-11-16/h7-15H,1-6H3,(H,23,24). The van der Waals surface area contributed by atoms with Gasteiger partial charge in [-0.2, -0.15) is 0 Å². The van der Waals surface area contributed by atoms with Gasteiger partial charge in [-0.05, 0) is 52.7 Å². The molecule has 27 heavy (non-hydrogen) atoms. The molecule has 2 amide bonds. The van der Waals surface area contributed by atoms with E-state index < -0.39 is 5.54 Å². The minimum absolute atomic E-state index is 0.153. The van der Waals surface area contributed by atoms with Crippen LogP contribution in [0.3, 0.4) is 0 Å². The van der Waals surface area contributed by atoms with Crippen LogP contribution in [-0.4, -0.2) is 33.0 Å². The van der Waals surface area contributed by atoms with E-state index in [1.165, 1.54) is 5.56 Å². The number of amidine groups is 1. The van der Waals surface area contributed by atoms with Crippen molar-refractivity contribution in [2.75, 3.05) is 0 Å². The molecule has 0 aromatic heterocycles. The molecule has 0 unspecified atom stereocenters.